The van der Waals surface area contributed by atoms with Crippen LogP contribution >= 0.6 is 0 Å². The lowest BCUT2D eigenvalue weighted by Crippen LogP contribution is -2.54. The average molecular weight is 183 g/mol. The van der Waals surface area contributed by atoms with Crippen LogP contribution < -0.4 is 10.6 Å². The molecule has 0 aliphatic carbocycles. The Hall–Kier alpha value is -1.10. The number of nitrogens with zero attached hydrogens (tertiary/aromatic N) is 1. The number of amides is 3. The summed E-state index contributed by atoms with van der Waals surface area (Å²) in [4.78, 5) is 24.3. The second-order valence-electron chi connectivity index (χ2n) is 3.60. The molecular weight excluding hydrogens is 170 g/mol. The third-order valence-corrected chi connectivity index (χ3v) is 3.02. The summed E-state index contributed by atoms with van der Waals surface area (Å²) < 4.78 is 0. The van der Waals surface area contributed by atoms with Crippen LogP contribution in [0.2, 0.25) is 0 Å². The van der Waals surface area contributed by atoms with E-state index in [1.807, 2.05) is 0 Å². The fourth-order valence-electron chi connectivity index (χ4n) is 2.05. The predicted molar refractivity (Wildman–Crippen MR) is 46.1 cm³/mol. The largest absolute Gasteiger partial charge is 0.324 e. The number of urea groups is 1. The number of likely N-dealkylation sites (N-methyl/N-ethyl adjacent to an activating group) is 1. The maximum atomic E-state index is 11.6. The van der Waals surface area contributed by atoms with Gasteiger partial charge in [-0.3, -0.25) is 10.1 Å². The first-order chi connectivity index (χ1) is 6.17. The quantitative estimate of drug-likeness (QED) is 0.488. The predicted octanol–water partition coefficient (Wildman–Crippen LogP) is -0.710. The highest BCUT2D eigenvalue weighted by atomic mass is 16.2. The highest BCUT2D eigenvalue weighted by Gasteiger charge is 2.51. The average Bonchev–Trinajstić information content (AvgIpc) is 2.34. The molecule has 1 spiro atoms. The Morgan fingerprint density at radius 2 is 1.92 bits per heavy atom. The van der Waals surface area contributed by atoms with Gasteiger partial charge in [0.1, 0.15) is 5.54 Å². The molecule has 2 fully saturated rings. The third-order valence-electron chi connectivity index (χ3n) is 3.02. The van der Waals surface area contributed by atoms with E-state index in [-0.39, 0.29) is 11.9 Å². The highest BCUT2D eigenvalue weighted by molar-refractivity contribution is 6.06. The van der Waals surface area contributed by atoms with E-state index >= 15 is 0 Å². The monoisotopic (exact) mass is 183 g/mol. The van der Waals surface area contributed by atoms with Crippen molar-refractivity contribution in [2.45, 2.75) is 18.4 Å². The minimum absolute atomic E-state index is 0.137. The molecule has 5 nitrogen and oxygen atoms in total. The van der Waals surface area contributed by atoms with Crippen LogP contribution in [0.1, 0.15) is 12.8 Å². The Kier molecular flexibility index (Phi) is 1.76. The maximum absolute atomic E-state index is 11.6. The number of hydrogen-bond donors (Lipinski definition) is 2. The molecule has 0 radical (unpaired) electrons. The molecule has 2 aliphatic heterocycles. The molecule has 2 rings (SSSR count). The summed E-state index contributed by atoms with van der Waals surface area (Å²) in [6, 6.07) is -0.271. The van der Waals surface area contributed by atoms with Crippen molar-refractivity contribution >= 4 is 11.9 Å². The van der Waals surface area contributed by atoms with Gasteiger partial charge in [0.2, 0.25) is 0 Å². The van der Waals surface area contributed by atoms with Gasteiger partial charge >= 0.3 is 6.03 Å². The fraction of sp³-hybridized carbons (Fsp3) is 0.750. The molecule has 72 valence electrons. The fourth-order valence-corrected chi connectivity index (χ4v) is 2.05. The summed E-state index contributed by atoms with van der Waals surface area (Å²) in [5, 5.41) is 5.52. The molecule has 0 aromatic heterocycles. The van der Waals surface area contributed by atoms with Gasteiger partial charge in [0.15, 0.2) is 0 Å². The highest BCUT2D eigenvalue weighted by Crippen LogP contribution is 2.29. The minimum atomic E-state index is -0.567. The van der Waals surface area contributed by atoms with Crippen molar-refractivity contribution in [1.82, 2.24) is 15.5 Å². The molecule has 2 N–H and O–H groups in total. The van der Waals surface area contributed by atoms with E-state index in [0.29, 0.717) is 12.8 Å². The van der Waals surface area contributed by atoms with Crippen LogP contribution in [0.3, 0.4) is 0 Å². The first kappa shape index (κ1) is 8.50. The summed E-state index contributed by atoms with van der Waals surface area (Å²) in [6.07, 6.45) is 1.42. The van der Waals surface area contributed by atoms with Gasteiger partial charge in [-0.1, -0.05) is 0 Å². The summed E-state index contributed by atoms with van der Waals surface area (Å²) >= 11 is 0. The summed E-state index contributed by atoms with van der Waals surface area (Å²) in [6.45, 7) is 1.59. The molecule has 0 aromatic carbocycles. The number of carbonyl (C=O) groups is 2. The van der Waals surface area contributed by atoms with E-state index in [0.717, 1.165) is 13.1 Å². The van der Waals surface area contributed by atoms with E-state index in [1.165, 1.54) is 4.90 Å². The summed E-state index contributed by atoms with van der Waals surface area (Å²) in [5.41, 5.74) is -0.567. The molecule has 2 heterocycles. The maximum Gasteiger partial charge on any atom is 0.324 e. The molecule has 0 bridgehead atoms. The Morgan fingerprint density at radius 1 is 1.31 bits per heavy atom. The molecule has 0 saturated carbocycles. The normalized spacial score (nSPS) is 26.7. The van der Waals surface area contributed by atoms with Crippen LogP contribution in [0.5, 0.6) is 0 Å². The van der Waals surface area contributed by atoms with E-state index < -0.39 is 5.54 Å². The lowest BCUT2D eigenvalue weighted by Gasteiger charge is -2.36. The zero-order chi connectivity index (χ0) is 9.47. The Labute approximate surface area is 76.5 Å². The molecule has 0 unspecified atom stereocenters. The number of hydrogen-bond acceptors (Lipinski definition) is 3. The van der Waals surface area contributed by atoms with Gasteiger partial charge in [0, 0.05) is 7.05 Å². The van der Waals surface area contributed by atoms with Gasteiger partial charge < -0.3 is 10.2 Å². The molecule has 5 heteroatoms. The number of imide groups is 1. The first-order valence-corrected chi connectivity index (χ1v) is 4.47. The Morgan fingerprint density at radius 3 is 2.38 bits per heavy atom. The van der Waals surface area contributed by atoms with Crippen molar-refractivity contribution in [3.63, 3.8) is 0 Å². The number of nitrogens with one attached hydrogen (secondary N) is 2. The molecule has 2 aliphatic rings. The van der Waals surface area contributed by atoms with Crippen LogP contribution in [0, 0.1) is 0 Å². The summed E-state index contributed by atoms with van der Waals surface area (Å²) in [5.74, 6) is -0.137. The van der Waals surface area contributed by atoms with Crippen LogP contribution in [0.15, 0.2) is 0 Å². The van der Waals surface area contributed by atoms with E-state index in [1.54, 1.807) is 7.05 Å². The van der Waals surface area contributed by atoms with E-state index in [2.05, 4.69) is 10.6 Å². The van der Waals surface area contributed by atoms with Crippen LogP contribution in [0.4, 0.5) is 4.79 Å². The number of carbonyl (C=O) groups excluding carboxylic acids is 2. The van der Waals surface area contributed by atoms with Crippen LogP contribution in [0.25, 0.3) is 0 Å². The van der Waals surface area contributed by atoms with Gasteiger partial charge in [-0.2, -0.15) is 0 Å². The van der Waals surface area contributed by atoms with Crippen LogP contribution in [-0.4, -0.2) is 42.5 Å². The van der Waals surface area contributed by atoms with Crippen molar-refractivity contribution in [2.24, 2.45) is 0 Å². The Balaban J connectivity index is 2.28. The van der Waals surface area contributed by atoms with Gasteiger partial charge in [0.25, 0.3) is 5.91 Å². The molecule has 3 amide bonds. The van der Waals surface area contributed by atoms with Crippen molar-refractivity contribution in [1.29, 1.82) is 0 Å². The third kappa shape index (κ3) is 1.03. The van der Waals surface area contributed by atoms with E-state index in [4.69, 9.17) is 0 Å². The SMILES string of the molecule is CN1C(=O)NC(=O)C12CCNCC2. The van der Waals surface area contributed by atoms with Crippen LogP contribution in [-0.2, 0) is 4.79 Å². The van der Waals surface area contributed by atoms with Crippen molar-refractivity contribution in [2.75, 3.05) is 20.1 Å². The van der Waals surface area contributed by atoms with Crippen molar-refractivity contribution < 1.29 is 9.59 Å². The van der Waals surface area contributed by atoms with Gasteiger partial charge in [-0.25, -0.2) is 4.79 Å². The molecule has 0 atom stereocenters. The van der Waals surface area contributed by atoms with Gasteiger partial charge in [-0.05, 0) is 25.9 Å². The van der Waals surface area contributed by atoms with E-state index in [9.17, 15) is 9.59 Å². The standard InChI is InChI=1S/C8H13N3O2/c1-11-7(13)10-6(12)8(11)2-4-9-5-3-8/h9H,2-5H2,1H3,(H,10,12,13). The van der Waals surface area contributed by atoms with Crippen molar-refractivity contribution in [3.8, 4) is 0 Å². The lowest BCUT2D eigenvalue weighted by molar-refractivity contribution is -0.127. The second-order valence-corrected chi connectivity index (χ2v) is 3.60. The minimum Gasteiger partial charge on any atom is -0.317 e. The molecular formula is C8H13N3O2. The zero-order valence-electron chi connectivity index (χ0n) is 7.59. The molecule has 0 aromatic rings. The molecule has 13 heavy (non-hydrogen) atoms. The first-order valence-electron chi connectivity index (χ1n) is 4.47. The Bertz CT molecular complexity index is 258. The second kappa shape index (κ2) is 2.70. The summed E-state index contributed by atoms with van der Waals surface area (Å²) in [7, 11) is 1.69. The number of rotatable bonds is 0. The van der Waals surface area contributed by atoms with Gasteiger partial charge in [-0.15, -0.1) is 0 Å². The van der Waals surface area contributed by atoms with Gasteiger partial charge in [0.05, 0.1) is 0 Å². The lowest BCUT2D eigenvalue weighted by atomic mass is 9.87. The zero-order valence-corrected chi connectivity index (χ0v) is 7.59. The smallest absolute Gasteiger partial charge is 0.317 e. The van der Waals surface area contributed by atoms with Crippen molar-refractivity contribution in [3.05, 3.63) is 0 Å². The number of piperidine rings is 1. The topological polar surface area (TPSA) is 61.4 Å². The molecule has 2 saturated heterocycles.